The smallest absolute Gasteiger partial charge is 0.307 e. The number of hydrogen-bond acceptors (Lipinski definition) is 5. The molecule has 1 saturated carbocycles. The summed E-state index contributed by atoms with van der Waals surface area (Å²) in [7, 11) is 0. The number of benzene rings is 1. The summed E-state index contributed by atoms with van der Waals surface area (Å²) in [4.78, 5) is 45.5. The number of carboxylic acid groups (broad SMARTS) is 1. The van der Waals surface area contributed by atoms with Crippen molar-refractivity contribution < 1.29 is 24.4 Å². The molecule has 3 N–H and O–H groups in total. The normalized spacial score (nSPS) is 19.7. The van der Waals surface area contributed by atoms with Gasteiger partial charge >= 0.3 is 5.97 Å². The molecular formula is C15H16ClN3O6. The number of nitro groups is 1. The molecule has 2 rings (SSSR count). The SMILES string of the molecule is O=C(NNC(=O)C1CCCCC1C(=O)O)c1ccc(Cl)c([N+](=O)[O-])c1. The Hall–Kier alpha value is -2.68. The minimum absolute atomic E-state index is 0.0603. The Balaban J connectivity index is 2.02. The van der Waals surface area contributed by atoms with Crippen LogP contribution in [0.5, 0.6) is 0 Å². The van der Waals surface area contributed by atoms with Crippen LogP contribution in [-0.2, 0) is 9.59 Å². The van der Waals surface area contributed by atoms with Gasteiger partial charge in [-0.15, -0.1) is 0 Å². The van der Waals surface area contributed by atoms with E-state index in [1.165, 1.54) is 12.1 Å². The lowest BCUT2D eigenvalue weighted by Crippen LogP contribution is -2.47. The first-order valence-corrected chi connectivity index (χ1v) is 7.96. The van der Waals surface area contributed by atoms with Gasteiger partial charge in [-0.2, -0.15) is 0 Å². The highest BCUT2D eigenvalue weighted by atomic mass is 35.5. The Kier molecular flexibility index (Phi) is 5.92. The summed E-state index contributed by atoms with van der Waals surface area (Å²) in [5, 5.41) is 19.9. The van der Waals surface area contributed by atoms with Crippen LogP contribution in [0.2, 0.25) is 5.02 Å². The average molecular weight is 370 g/mol. The molecule has 2 atom stereocenters. The number of nitro benzene ring substituents is 1. The molecule has 2 unspecified atom stereocenters. The molecule has 0 aromatic heterocycles. The van der Waals surface area contributed by atoms with Crippen LogP contribution >= 0.6 is 11.6 Å². The van der Waals surface area contributed by atoms with Crippen LogP contribution in [-0.4, -0.2) is 27.8 Å². The highest BCUT2D eigenvalue weighted by molar-refractivity contribution is 6.32. The van der Waals surface area contributed by atoms with Gasteiger partial charge in [0, 0.05) is 11.6 Å². The van der Waals surface area contributed by atoms with E-state index in [0.29, 0.717) is 12.8 Å². The van der Waals surface area contributed by atoms with Crippen molar-refractivity contribution in [3.63, 3.8) is 0 Å². The van der Waals surface area contributed by atoms with Crippen molar-refractivity contribution in [1.29, 1.82) is 0 Å². The second-order valence-electron chi connectivity index (χ2n) is 5.70. The van der Waals surface area contributed by atoms with Crippen LogP contribution in [0.3, 0.4) is 0 Å². The first kappa shape index (κ1) is 18.7. The zero-order chi connectivity index (χ0) is 18.6. The van der Waals surface area contributed by atoms with Crippen LogP contribution in [0.1, 0.15) is 36.0 Å². The topological polar surface area (TPSA) is 139 Å². The third-order valence-corrected chi connectivity index (χ3v) is 4.44. The number of hydrazine groups is 1. The van der Waals surface area contributed by atoms with E-state index in [0.717, 1.165) is 18.9 Å². The van der Waals surface area contributed by atoms with Crippen molar-refractivity contribution in [2.75, 3.05) is 0 Å². The second kappa shape index (κ2) is 7.93. The Morgan fingerprint density at radius 3 is 2.40 bits per heavy atom. The molecule has 0 radical (unpaired) electrons. The van der Waals surface area contributed by atoms with Crippen LogP contribution in [0.25, 0.3) is 0 Å². The number of nitrogens with one attached hydrogen (secondary N) is 2. The van der Waals surface area contributed by atoms with Crippen molar-refractivity contribution >= 4 is 35.1 Å². The first-order valence-electron chi connectivity index (χ1n) is 7.58. The molecule has 0 spiro atoms. The molecule has 0 aliphatic heterocycles. The Bertz CT molecular complexity index is 723. The van der Waals surface area contributed by atoms with E-state index in [1.54, 1.807) is 0 Å². The molecule has 25 heavy (non-hydrogen) atoms. The third-order valence-electron chi connectivity index (χ3n) is 4.12. The fourth-order valence-electron chi connectivity index (χ4n) is 2.82. The minimum Gasteiger partial charge on any atom is -0.481 e. The summed E-state index contributed by atoms with van der Waals surface area (Å²) < 4.78 is 0. The molecule has 2 amide bonds. The molecule has 9 nitrogen and oxygen atoms in total. The first-order chi connectivity index (χ1) is 11.8. The zero-order valence-electron chi connectivity index (χ0n) is 13.0. The zero-order valence-corrected chi connectivity index (χ0v) is 13.8. The average Bonchev–Trinajstić information content (AvgIpc) is 2.59. The number of hydrogen-bond donors (Lipinski definition) is 3. The van der Waals surface area contributed by atoms with Crippen LogP contribution in [0, 0.1) is 22.0 Å². The fourth-order valence-corrected chi connectivity index (χ4v) is 3.00. The summed E-state index contributed by atoms with van der Waals surface area (Å²) in [6.07, 6.45) is 2.30. The lowest BCUT2D eigenvalue weighted by atomic mass is 9.79. The van der Waals surface area contributed by atoms with E-state index in [2.05, 4.69) is 10.9 Å². The molecule has 0 saturated heterocycles. The third kappa shape index (κ3) is 4.44. The van der Waals surface area contributed by atoms with Crippen molar-refractivity contribution in [2.45, 2.75) is 25.7 Å². The number of nitrogens with zero attached hydrogens (tertiary/aromatic N) is 1. The maximum absolute atomic E-state index is 12.2. The molecule has 1 aromatic carbocycles. The van der Waals surface area contributed by atoms with Crippen LogP contribution in [0.15, 0.2) is 18.2 Å². The number of aliphatic carboxylic acids is 1. The van der Waals surface area contributed by atoms with Gasteiger partial charge < -0.3 is 5.11 Å². The van der Waals surface area contributed by atoms with Gasteiger partial charge in [-0.1, -0.05) is 24.4 Å². The fraction of sp³-hybridized carbons (Fsp3) is 0.400. The van der Waals surface area contributed by atoms with Crippen LogP contribution < -0.4 is 10.9 Å². The number of carbonyl (C=O) groups is 3. The predicted molar refractivity (Wildman–Crippen MR) is 86.8 cm³/mol. The van der Waals surface area contributed by atoms with E-state index in [4.69, 9.17) is 11.6 Å². The molecule has 10 heteroatoms. The van der Waals surface area contributed by atoms with Gasteiger partial charge in [0.25, 0.3) is 11.6 Å². The van der Waals surface area contributed by atoms with Crippen molar-refractivity contribution in [2.24, 2.45) is 11.8 Å². The number of rotatable bonds is 4. The van der Waals surface area contributed by atoms with Crippen molar-refractivity contribution in [3.8, 4) is 0 Å². The molecule has 1 aliphatic rings. The Labute approximate surface area is 147 Å². The van der Waals surface area contributed by atoms with E-state index in [-0.39, 0.29) is 10.6 Å². The quantitative estimate of drug-likeness (QED) is 0.547. The molecule has 0 heterocycles. The standard InChI is InChI=1S/C15H16ClN3O6/c16-11-6-5-8(7-12(11)19(24)25)13(20)17-18-14(21)9-3-1-2-4-10(9)15(22)23/h5-7,9-10H,1-4H2,(H,17,20)(H,18,21)(H,22,23). The van der Waals surface area contributed by atoms with Gasteiger partial charge in [-0.25, -0.2) is 0 Å². The Morgan fingerprint density at radius 1 is 1.16 bits per heavy atom. The van der Waals surface area contributed by atoms with E-state index in [1.807, 2.05) is 0 Å². The summed E-state index contributed by atoms with van der Waals surface area (Å²) in [5.41, 5.74) is 3.85. The summed E-state index contributed by atoms with van der Waals surface area (Å²) in [6, 6.07) is 3.47. The molecule has 0 bridgehead atoms. The lowest BCUT2D eigenvalue weighted by Gasteiger charge is -2.27. The van der Waals surface area contributed by atoms with Gasteiger partial charge in [0.1, 0.15) is 5.02 Å². The maximum Gasteiger partial charge on any atom is 0.307 e. The molecule has 1 fully saturated rings. The molecule has 1 aliphatic carbocycles. The summed E-state index contributed by atoms with van der Waals surface area (Å²) in [6.45, 7) is 0. The maximum atomic E-state index is 12.2. The minimum atomic E-state index is -1.04. The Morgan fingerprint density at radius 2 is 1.80 bits per heavy atom. The molecule has 1 aromatic rings. The number of carbonyl (C=O) groups excluding carboxylic acids is 2. The lowest BCUT2D eigenvalue weighted by molar-refractivity contribution is -0.384. The molecular weight excluding hydrogens is 354 g/mol. The monoisotopic (exact) mass is 369 g/mol. The van der Waals surface area contributed by atoms with Gasteiger partial charge in [-0.05, 0) is 25.0 Å². The van der Waals surface area contributed by atoms with Gasteiger partial charge in [-0.3, -0.25) is 35.3 Å². The molecule has 134 valence electrons. The van der Waals surface area contributed by atoms with Gasteiger partial charge in [0.05, 0.1) is 16.8 Å². The van der Waals surface area contributed by atoms with E-state index in [9.17, 15) is 29.6 Å². The highest BCUT2D eigenvalue weighted by Gasteiger charge is 2.35. The summed E-state index contributed by atoms with van der Waals surface area (Å²) >= 11 is 5.67. The largest absolute Gasteiger partial charge is 0.481 e. The van der Waals surface area contributed by atoms with Gasteiger partial charge in [0.2, 0.25) is 5.91 Å². The van der Waals surface area contributed by atoms with E-state index >= 15 is 0 Å². The van der Waals surface area contributed by atoms with Crippen molar-refractivity contribution in [3.05, 3.63) is 38.9 Å². The number of carboxylic acids is 1. The summed E-state index contributed by atoms with van der Waals surface area (Å²) in [5.74, 6) is -3.92. The number of amides is 2. The van der Waals surface area contributed by atoms with E-state index < -0.39 is 40.2 Å². The highest BCUT2D eigenvalue weighted by Crippen LogP contribution is 2.30. The van der Waals surface area contributed by atoms with Gasteiger partial charge in [0.15, 0.2) is 0 Å². The van der Waals surface area contributed by atoms with Crippen LogP contribution in [0.4, 0.5) is 5.69 Å². The predicted octanol–water partition coefficient (Wildman–Crippen LogP) is 1.90. The second-order valence-corrected chi connectivity index (χ2v) is 6.11. The number of halogens is 1. The van der Waals surface area contributed by atoms with Crippen molar-refractivity contribution in [1.82, 2.24) is 10.9 Å².